The molecule has 0 saturated carbocycles. The van der Waals surface area contributed by atoms with Gasteiger partial charge in [-0.05, 0) is 38.1 Å². The van der Waals surface area contributed by atoms with Gasteiger partial charge in [0.05, 0.1) is 31.9 Å². The number of rotatable bonds is 7. The van der Waals surface area contributed by atoms with E-state index in [4.69, 9.17) is 9.47 Å². The normalized spacial score (nSPS) is 15.3. The molecule has 0 spiro atoms. The van der Waals surface area contributed by atoms with Crippen molar-refractivity contribution < 1.29 is 28.8 Å². The van der Waals surface area contributed by atoms with Crippen LogP contribution in [-0.2, 0) is 19.1 Å². The minimum absolute atomic E-state index is 0.0246. The molecule has 1 atom stereocenters. The van der Waals surface area contributed by atoms with Crippen LogP contribution in [0.3, 0.4) is 0 Å². The molecule has 2 N–H and O–H groups in total. The van der Waals surface area contributed by atoms with Crippen molar-refractivity contribution in [2.45, 2.75) is 20.0 Å². The molecular formula is C19H28N3O5+. The van der Waals surface area contributed by atoms with E-state index in [9.17, 15) is 14.4 Å². The number of carbonyl (C=O) groups excluding carboxylic acids is 3. The van der Waals surface area contributed by atoms with Crippen molar-refractivity contribution in [3.8, 4) is 0 Å². The zero-order chi connectivity index (χ0) is 19.8. The van der Waals surface area contributed by atoms with Crippen molar-refractivity contribution in [3.63, 3.8) is 0 Å². The number of esters is 1. The largest absolute Gasteiger partial charge is 0.459 e. The number of hydrogen-bond donors (Lipinski definition) is 2. The van der Waals surface area contributed by atoms with Crippen molar-refractivity contribution in [3.05, 3.63) is 29.8 Å². The molecule has 148 valence electrons. The number of ether oxygens (including phenoxy) is 2. The van der Waals surface area contributed by atoms with Crippen molar-refractivity contribution in [2.24, 2.45) is 0 Å². The van der Waals surface area contributed by atoms with Gasteiger partial charge < -0.3 is 24.6 Å². The summed E-state index contributed by atoms with van der Waals surface area (Å²) in [6.07, 6.45) is -0.185. The highest BCUT2D eigenvalue weighted by molar-refractivity contribution is 5.93. The van der Waals surface area contributed by atoms with E-state index in [0.29, 0.717) is 37.6 Å². The lowest BCUT2D eigenvalue weighted by atomic mass is 10.2. The third kappa shape index (κ3) is 6.99. The lowest BCUT2D eigenvalue weighted by molar-refractivity contribution is -0.862. The van der Waals surface area contributed by atoms with Crippen molar-refractivity contribution in [1.82, 2.24) is 4.90 Å². The SMILES string of the molecule is CC(C)OC(=O)c1ccc(NC(=O)C[NH+](C)CC(=O)N2CCOCC2)cc1. The smallest absolute Gasteiger partial charge is 0.338 e. The first-order valence-corrected chi connectivity index (χ1v) is 9.13. The molecule has 2 amide bonds. The Labute approximate surface area is 159 Å². The predicted octanol–water partition coefficient (Wildman–Crippen LogP) is -0.436. The second-order valence-corrected chi connectivity index (χ2v) is 6.88. The Hall–Kier alpha value is -2.45. The van der Waals surface area contributed by atoms with Gasteiger partial charge in [0.15, 0.2) is 13.1 Å². The van der Waals surface area contributed by atoms with Crippen LogP contribution in [0, 0.1) is 0 Å². The number of benzene rings is 1. The first-order valence-electron chi connectivity index (χ1n) is 9.13. The van der Waals surface area contributed by atoms with Gasteiger partial charge in [-0.25, -0.2) is 4.79 Å². The average molecular weight is 378 g/mol. The molecule has 0 aliphatic carbocycles. The fourth-order valence-electron chi connectivity index (χ4n) is 2.70. The molecule has 1 heterocycles. The maximum atomic E-state index is 12.2. The van der Waals surface area contributed by atoms with Crippen molar-refractivity contribution in [1.29, 1.82) is 0 Å². The highest BCUT2D eigenvalue weighted by Crippen LogP contribution is 2.11. The predicted molar refractivity (Wildman–Crippen MR) is 99.6 cm³/mol. The minimum atomic E-state index is -0.395. The Morgan fingerprint density at radius 3 is 2.37 bits per heavy atom. The zero-order valence-electron chi connectivity index (χ0n) is 16.1. The van der Waals surface area contributed by atoms with Crippen LogP contribution in [0.4, 0.5) is 5.69 Å². The van der Waals surface area contributed by atoms with E-state index in [-0.39, 0.29) is 31.0 Å². The highest BCUT2D eigenvalue weighted by Gasteiger charge is 2.21. The van der Waals surface area contributed by atoms with Crippen LogP contribution < -0.4 is 10.2 Å². The molecule has 1 aliphatic heterocycles. The van der Waals surface area contributed by atoms with Gasteiger partial charge in [-0.1, -0.05) is 0 Å². The number of nitrogens with zero attached hydrogens (tertiary/aromatic N) is 1. The third-order valence-electron chi connectivity index (χ3n) is 4.03. The second-order valence-electron chi connectivity index (χ2n) is 6.88. The molecule has 1 saturated heterocycles. The molecule has 1 unspecified atom stereocenters. The summed E-state index contributed by atoms with van der Waals surface area (Å²) in [4.78, 5) is 38.8. The lowest BCUT2D eigenvalue weighted by Crippen LogP contribution is -3.11. The maximum Gasteiger partial charge on any atom is 0.338 e. The average Bonchev–Trinajstić information content (AvgIpc) is 2.62. The zero-order valence-corrected chi connectivity index (χ0v) is 16.1. The Balaban J connectivity index is 1.78. The molecule has 1 aliphatic rings. The molecule has 0 radical (unpaired) electrons. The molecule has 8 heteroatoms. The quantitative estimate of drug-likeness (QED) is 0.628. The first kappa shape index (κ1) is 20.9. The number of nitrogens with one attached hydrogen (secondary N) is 2. The van der Waals surface area contributed by atoms with Crippen LogP contribution in [0.2, 0.25) is 0 Å². The van der Waals surface area contributed by atoms with Gasteiger partial charge in [-0.15, -0.1) is 0 Å². The van der Waals surface area contributed by atoms with Gasteiger partial charge in [-0.2, -0.15) is 0 Å². The third-order valence-corrected chi connectivity index (χ3v) is 4.03. The lowest BCUT2D eigenvalue weighted by Gasteiger charge is -2.27. The van der Waals surface area contributed by atoms with Gasteiger partial charge >= 0.3 is 5.97 Å². The van der Waals surface area contributed by atoms with Crippen molar-refractivity contribution >= 4 is 23.5 Å². The van der Waals surface area contributed by atoms with E-state index in [1.807, 2.05) is 7.05 Å². The van der Waals surface area contributed by atoms with Crippen LogP contribution >= 0.6 is 0 Å². The van der Waals surface area contributed by atoms with Gasteiger partial charge in [-0.3, -0.25) is 9.59 Å². The Morgan fingerprint density at radius 2 is 1.78 bits per heavy atom. The topological polar surface area (TPSA) is 89.4 Å². The van der Waals surface area contributed by atoms with Gasteiger partial charge in [0.1, 0.15) is 0 Å². The number of anilines is 1. The van der Waals surface area contributed by atoms with Crippen molar-refractivity contribution in [2.75, 3.05) is 51.8 Å². The number of hydrogen-bond acceptors (Lipinski definition) is 5. The fraction of sp³-hybridized carbons (Fsp3) is 0.526. The van der Waals surface area contributed by atoms with Crippen LogP contribution in [0.25, 0.3) is 0 Å². The van der Waals surface area contributed by atoms with E-state index < -0.39 is 5.97 Å². The second kappa shape index (κ2) is 10.0. The molecule has 2 rings (SSSR count). The van der Waals surface area contributed by atoms with Crippen LogP contribution in [0.1, 0.15) is 24.2 Å². The summed E-state index contributed by atoms with van der Waals surface area (Å²) in [7, 11) is 1.81. The number of quaternary nitrogens is 1. The number of likely N-dealkylation sites (N-methyl/N-ethyl adjacent to an activating group) is 1. The summed E-state index contributed by atoms with van der Waals surface area (Å²) in [5, 5.41) is 2.78. The molecule has 0 aromatic heterocycles. The maximum absolute atomic E-state index is 12.2. The summed E-state index contributed by atoms with van der Waals surface area (Å²) < 4.78 is 10.4. The Bertz CT molecular complexity index is 654. The van der Waals surface area contributed by atoms with Gasteiger partial charge in [0.25, 0.3) is 11.8 Å². The molecule has 27 heavy (non-hydrogen) atoms. The molecule has 1 fully saturated rings. The minimum Gasteiger partial charge on any atom is -0.459 e. The van der Waals surface area contributed by atoms with E-state index in [2.05, 4.69) is 5.32 Å². The van der Waals surface area contributed by atoms with Crippen LogP contribution in [-0.4, -0.2) is 75.2 Å². The van der Waals surface area contributed by atoms with E-state index in [1.165, 1.54) is 0 Å². The molecule has 1 aromatic carbocycles. The van der Waals surface area contributed by atoms with Gasteiger partial charge in [0.2, 0.25) is 0 Å². The fourth-order valence-corrected chi connectivity index (χ4v) is 2.70. The van der Waals surface area contributed by atoms with Crippen LogP contribution in [0.5, 0.6) is 0 Å². The first-order chi connectivity index (χ1) is 12.8. The van der Waals surface area contributed by atoms with E-state index in [0.717, 1.165) is 4.90 Å². The van der Waals surface area contributed by atoms with Crippen LogP contribution in [0.15, 0.2) is 24.3 Å². The van der Waals surface area contributed by atoms with E-state index >= 15 is 0 Å². The highest BCUT2D eigenvalue weighted by atomic mass is 16.5. The summed E-state index contributed by atoms with van der Waals surface area (Å²) in [5.41, 5.74) is 1.02. The summed E-state index contributed by atoms with van der Waals surface area (Å²) in [6, 6.07) is 6.53. The standard InChI is InChI=1S/C19H27N3O5/c1-14(2)27-19(25)15-4-6-16(7-5-15)20-17(23)12-21(3)13-18(24)22-8-10-26-11-9-22/h4-7,14H,8-13H2,1-3H3,(H,20,23)/p+1. The Kier molecular flexibility index (Phi) is 7.75. The Morgan fingerprint density at radius 1 is 1.15 bits per heavy atom. The van der Waals surface area contributed by atoms with Gasteiger partial charge in [0, 0.05) is 18.8 Å². The molecular weight excluding hydrogens is 350 g/mol. The molecule has 8 nitrogen and oxygen atoms in total. The number of morpholine rings is 1. The molecule has 1 aromatic rings. The number of amides is 2. The summed E-state index contributed by atoms with van der Waals surface area (Å²) >= 11 is 0. The monoisotopic (exact) mass is 378 g/mol. The molecule has 0 bridgehead atoms. The summed E-state index contributed by atoms with van der Waals surface area (Å²) in [5.74, 6) is -0.565. The number of carbonyl (C=O) groups is 3. The van der Waals surface area contributed by atoms with E-state index in [1.54, 1.807) is 43.0 Å². The summed E-state index contributed by atoms with van der Waals surface area (Å²) in [6.45, 7) is 6.33.